The molecule has 0 bridgehead atoms. The summed E-state index contributed by atoms with van der Waals surface area (Å²) in [6.07, 6.45) is -5.67. The highest BCUT2D eigenvalue weighted by molar-refractivity contribution is 7.91. The molecule has 0 aliphatic carbocycles. The summed E-state index contributed by atoms with van der Waals surface area (Å²) < 4.78 is 129. The van der Waals surface area contributed by atoms with Crippen LogP contribution in [0.1, 0.15) is 50.4 Å². The highest BCUT2D eigenvalue weighted by Gasteiger charge is 2.38. The van der Waals surface area contributed by atoms with Crippen LogP contribution in [-0.4, -0.2) is 67.3 Å². The molecule has 1 amide bonds. The van der Waals surface area contributed by atoms with Gasteiger partial charge in [-0.3, -0.25) is 0 Å². The van der Waals surface area contributed by atoms with E-state index >= 15 is 0 Å². The summed E-state index contributed by atoms with van der Waals surface area (Å²) in [5, 5.41) is 0. The van der Waals surface area contributed by atoms with E-state index in [4.69, 9.17) is 4.74 Å². The number of rotatable bonds is 9. The molecule has 0 aromatic heterocycles. The molecule has 17 heteroatoms. The first-order valence-electron chi connectivity index (χ1n) is 14.9. The van der Waals surface area contributed by atoms with Gasteiger partial charge in [0.25, 0.3) is 0 Å². The van der Waals surface area contributed by atoms with Gasteiger partial charge in [-0.2, -0.15) is 13.2 Å². The van der Waals surface area contributed by atoms with Crippen molar-refractivity contribution in [1.82, 2.24) is 9.62 Å². The molecule has 0 radical (unpaired) electrons. The third kappa shape index (κ3) is 10.1. The lowest BCUT2D eigenvalue weighted by atomic mass is 10.0. The van der Waals surface area contributed by atoms with Gasteiger partial charge in [-0.05, 0) is 75.1 Å². The molecule has 0 spiro atoms. The summed E-state index contributed by atoms with van der Waals surface area (Å²) in [6.45, 7) is 7.59. The number of nitrogens with zero attached hydrogens (tertiary/aromatic N) is 2. The van der Waals surface area contributed by atoms with Crippen LogP contribution in [0.2, 0.25) is 0 Å². The number of carbonyl (C=O) groups excluding carboxylic acids is 1. The van der Waals surface area contributed by atoms with Crippen LogP contribution in [0.3, 0.4) is 0 Å². The molecule has 268 valence electrons. The van der Waals surface area contributed by atoms with Gasteiger partial charge in [0.2, 0.25) is 9.84 Å². The average Bonchev–Trinajstić information content (AvgIpc) is 3.00. The minimum absolute atomic E-state index is 0.0752. The van der Waals surface area contributed by atoms with Crippen molar-refractivity contribution in [2.45, 2.75) is 67.4 Å². The Bertz CT molecular complexity index is 1770. The highest BCUT2D eigenvalue weighted by Crippen LogP contribution is 2.36. The van der Waals surface area contributed by atoms with Gasteiger partial charge in [0.15, 0.2) is 11.0 Å². The van der Waals surface area contributed by atoms with E-state index in [0.717, 1.165) is 12.1 Å². The third-order valence-corrected chi connectivity index (χ3v) is 10.2. The fourth-order valence-electron chi connectivity index (χ4n) is 5.09. The number of hydrogen-bond acceptors (Lipinski definition) is 7. The van der Waals surface area contributed by atoms with Crippen LogP contribution >= 0.6 is 0 Å². The van der Waals surface area contributed by atoms with Crippen molar-refractivity contribution in [3.05, 3.63) is 83.4 Å². The summed E-state index contributed by atoms with van der Waals surface area (Å²) in [5.41, 5.74) is -4.36. The maximum atomic E-state index is 14.3. The van der Waals surface area contributed by atoms with Gasteiger partial charge in [0, 0.05) is 32.2 Å². The van der Waals surface area contributed by atoms with Gasteiger partial charge < -0.3 is 19.3 Å². The Labute approximate surface area is 282 Å². The number of alkyl halides is 6. The number of carbonyl (C=O) groups is 1. The van der Waals surface area contributed by atoms with Gasteiger partial charge in [0.1, 0.15) is 11.4 Å². The number of amides is 1. The Morgan fingerprint density at radius 2 is 1.51 bits per heavy atom. The van der Waals surface area contributed by atoms with E-state index in [0.29, 0.717) is 16.8 Å². The van der Waals surface area contributed by atoms with Crippen LogP contribution in [0.15, 0.2) is 76.5 Å². The fraction of sp³-hybridized carbons (Fsp3) is 0.406. The van der Waals surface area contributed by atoms with Crippen molar-refractivity contribution in [3.8, 4) is 5.75 Å². The van der Waals surface area contributed by atoms with Crippen LogP contribution < -0.4 is 14.4 Å². The molecular formula is C32H35F6N3O6S2. The smallest absolute Gasteiger partial charge is 0.444 e. The molecule has 9 nitrogen and oxygen atoms in total. The fourth-order valence-corrected chi connectivity index (χ4v) is 7.40. The van der Waals surface area contributed by atoms with Crippen LogP contribution in [0.25, 0.3) is 0 Å². The molecule has 49 heavy (non-hydrogen) atoms. The predicted molar refractivity (Wildman–Crippen MR) is 170 cm³/mol. The molecule has 3 aromatic rings. The molecule has 1 aliphatic heterocycles. The first kappa shape index (κ1) is 38.0. The number of sulfone groups is 1. The van der Waals surface area contributed by atoms with Gasteiger partial charge in [0.05, 0.1) is 15.5 Å². The van der Waals surface area contributed by atoms with Gasteiger partial charge in [-0.1, -0.05) is 42.5 Å². The van der Waals surface area contributed by atoms with E-state index < -0.39 is 61.1 Å². The SMILES string of the molecule is C[C@H](NS(=O)C(F)(F)F)c1ccc(Cc2ccc(OC(F)(F)F)cc2S(=O)(=O)c2ccccc2N2CCN(C(=O)OC(C)(C)C)CC2)cc1. The topological polar surface area (TPSA) is 105 Å². The minimum Gasteiger partial charge on any atom is -0.444 e. The summed E-state index contributed by atoms with van der Waals surface area (Å²) in [5.74, 6) is -0.744. The number of para-hydroxylation sites is 1. The van der Waals surface area contributed by atoms with Gasteiger partial charge in [-0.25, -0.2) is 22.1 Å². The second-order valence-electron chi connectivity index (χ2n) is 12.2. The number of benzene rings is 3. The van der Waals surface area contributed by atoms with Crippen LogP contribution in [0.4, 0.5) is 36.8 Å². The quantitative estimate of drug-likeness (QED) is 0.239. The zero-order valence-corrected chi connectivity index (χ0v) is 28.5. The maximum Gasteiger partial charge on any atom is 0.573 e. The molecule has 1 aliphatic rings. The van der Waals surface area contributed by atoms with Crippen molar-refractivity contribution >= 4 is 32.6 Å². The second kappa shape index (κ2) is 14.6. The Morgan fingerprint density at radius 3 is 2.08 bits per heavy atom. The summed E-state index contributed by atoms with van der Waals surface area (Å²) in [4.78, 5) is 15.2. The predicted octanol–water partition coefficient (Wildman–Crippen LogP) is 6.90. The first-order valence-corrected chi connectivity index (χ1v) is 17.6. The second-order valence-corrected chi connectivity index (χ2v) is 15.3. The molecule has 1 heterocycles. The zero-order valence-electron chi connectivity index (χ0n) is 26.9. The van der Waals surface area contributed by atoms with Gasteiger partial charge >= 0.3 is 18.0 Å². The van der Waals surface area contributed by atoms with E-state index in [9.17, 15) is 43.8 Å². The van der Waals surface area contributed by atoms with Crippen molar-refractivity contribution < 1.29 is 53.2 Å². The largest absolute Gasteiger partial charge is 0.573 e. The molecule has 1 N–H and O–H groups in total. The molecule has 4 rings (SSSR count). The number of piperazine rings is 1. The van der Waals surface area contributed by atoms with Crippen molar-refractivity contribution in [1.29, 1.82) is 0 Å². The Kier molecular flexibility index (Phi) is 11.3. The third-order valence-electron chi connectivity index (χ3n) is 7.36. The minimum atomic E-state index is -5.09. The monoisotopic (exact) mass is 735 g/mol. The van der Waals surface area contributed by atoms with Crippen molar-refractivity contribution in [2.24, 2.45) is 0 Å². The molecular weight excluding hydrogens is 700 g/mol. The van der Waals surface area contributed by atoms with Gasteiger partial charge in [-0.15, -0.1) is 13.2 Å². The number of anilines is 1. The molecule has 0 saturated carbocycles. The normalized spacial score (nSPS) is 15.9. The Morgan fingerprint density at radius 1 is 0.898 bits per heavy atom. The van der Waals surface area contributed by atoms with E-state index in [1.54, 1.807) is 37.8 Å². The van der Waals surface area contributed by atoms with Crippen molar-refractivity contribution in [2.75, 3.05) is 31.1 Å². The van der Waals surface area contributed by atoms with E-state index in [2.05, 4.69) is 4.74 Å². The standard InChI is InChI=1S/C32H35F6N3O6S2/c1-21(39-48(43)32(36,37)38)23-11-9-22(10-12-23)19-24-13-14-25(46-31(33,34)35)20-28(24)49(44,45)27-8-6-5-7-26(27)40-15-17-41(18-16-40)29(42)47-30(2,3)4/h5-14,20-21,39H,15-19H2,1-4H3/t21-,48?/m0/s1. The molecule has 3 aromatic carbocycles. The molecule has 2 atom stereocenters. The number of nitrogens with one attached hydrogen (secondary N) is 1. The van der Waals surface area contributed by atoms with Crippen LogP contribution in [-0.2, 0) is 32.0 Å². The maximum absolute atomic E-state index is 14.3. The van der Waals surface area contributed by atoms with Crippen LogP contribution in [0, 0.1) is 0 Å². The lowest BCUT2D eigenvalue weighted by molar-refractivity contribution is -0.274. The molecule has 1 fully saturated rings. The van der Waals surface area contributed by atoms with Crippen molar-refractivity contribution in [3.63, 3.8) is 0 Å². The molecule has 1 saturated heterocycles. The van der Waals surface area contributed by atoms with E-state index in [-0.39, 0.29) is 43.1 Å². The summed E-state index contributed by atoms with van der Waals surface area (Å²) >= 11 is 0. The van der Waals surface area contributed by atoms with Crippen LogP contribution in [0.5, 0.6) is 5.75 Å². The zero-order chi connectivity index (χ0) is 36.4. The number of halogens is 6. The van der Waals surface area contributed by atoms with E-state index in [1.807, 2.05) is 4.72 Å². The first-order chi connectivity index (χ1) is 22.6. The number of hydrogen-bond donors (Lipinski definition) is 1. The average molecular weight is 736 g/mol. The lowest BCUT2D eigenvalue weighted by Gasteiger charge is -2.37. The molecule has 1 unspecified atom stereocenters. The lowest BCUT2D eigenvalue weighted by Crippen LogP contribution is -2.50. The van der Waals surface area contributed by atoms with E-state index in [1.165, 1.54) is 54.3 Å². The Balaban J connectivity index is 1.64. The summed E-state index contributed by atoms with van der Waals surface area (Å²) in [7, 11) is -7.79. The summed E-state index contributed by atoms with van der Waals surface area (Å²) in [6, 6.07) is 14.1. The highest BCUT2D eigenvalue weighted by atomic mass is 32.2. The number of ether oxygens (including phenoxy) is 2. The Hall–Kier alpha value is -3.83.